The summed E-state index contributed by atoms with van der Waals surface area (Å²) in [6.45, 7) is 1.53. The van der Waals surface area contributed by atoms with E-state index in [1.807, 2.05) is 12.1 Å². The monoisotopic (exact) mass is 425 g/mol. The van der Waals surface area contributed by atoms with Gasteiger partial charge < -0.3 is 10.1 Å². The van der Waals surface area contributed by atoms with Crippen LogP contribution in [0.1, 0.15) is 17.3 Å². The first-order valence-electron chi connectivity index (χ1n) is 6.49. The van der Waals surface area contributed by atoms with Crippen molar-refractivity contribution in [1.29, 1.82) is 0 Å². The second-order valence-corrected chi connectivity index (χ2v) is 6.29. The third kappa shape index (κ3) is 4.42. The first-order valence-corrected chi connectivity index (χ1v) is 8.08. The van der Waals surface area contributed by atoms with Gasteiger partial charge in [-0.1, -0.05) is 28.1 Å². The summed E-state index contributed by atoms with van der Waals surface area (Å²) in [5.74, 6) is -0.936. The molecule has 0 bridgehead atoms. The molecule has 22 heavy (non-hydrogen) atoms. The number of esters is 1. The number of anilines is 1. The molecule has 0 saturated heterocycles. The van der Waals surface area contributed by atoms with Gasteiger partial charge in [-0.2, -0.15) is 0 Å². The lowest BCUT2D eigenvalue weighted by molar-refractivity contribution is -0.123. The van der Waals surface area contributed by atoms with Crippen LogP contribution in [0, 0.1) is 0 Å². The van der Waals surface area contributed by atoms with Gasteiger partial charge in [0.2, 0.25) is 0 Å². The molecule has 0 heterocycles. The lowest BCUT2D eigenvalue weighted by Gasteiger charge is -2.14. The minimum Gasteiger partial charge on any atom is -0.449 e. The standard InChI is InChI=1S/C16H13Br2NO3/c1-10(15(20)19-12-8-6-11(17)7-9-12)22-16(21)13-4-2-3-5-14(13)18/h2-10H,1H3,(H,19,20). The highest BCUT2D eigenvalue weighted by Gasteiger charge is 2.20. The minimum absolute atomic E-state index is 0.380. The van der Waals surface area contributed by atoms with Crippen LogP contribution in [0.25, 0.3) is 0 Å². The molecule has 0 radical (unpaired) electrons. The van der Waals surface area contributed by atoms with E-state index in [1.165, 1.54) is 6.92 Å². The Hall–Kier alpha value is -1.66. The summed E-state index contributed by atoms with van der Waals surface area (Å²) in [4.78, 5) is 24.1. The van der Waals surface area contributed by atoms with Crippen LogP contribution in [0.3, 0.4) is 0 Å². The number of hydrogen-bond donors (Lipinski definition) is 1. The van der Waals surface area contributed by atoms with Crippen molar-refractivity contribution in [2.45, 2.75) is 13.0 Å². The van der Waals surface area contributed by atoms with Crippen molar-refractivity contribution < 1.29 is 14.3 Å². The SMILES string of the molecule is CC(OC(=O)c1ccccc1Br)C(=O)Nc1ccc(Br)cc1. The summed E-state index contributed by atoms with van der Waals surface area (Å²) < 4.78 is 6.73. The lowest BCUT2D eigenvalue weighted by Crippen LogP contribution is -2.30. The highest BCUT2D eigenvalue weighted by atomic mass is 79.9. The second-order valence-electron chi connectivity index (χ2n) is 4.52. The van der Waals surface area contributed by atoms with Crippen LogP contribution in [0.4, 0.5) is 5.69 Å². The van der Waals surface area contributed by atoms with Crippen molar-refractivity contribution >= 4 is 49.4 Å². The Kier molecular flexibility index (Phi) is 5.74. The Morgan fingerprint density at radius 1 is 1.05 bits per heavy atom. The zero-order chi connectivity index (χ0) is 16.1. The average molecular weight is 427 g/mol. The van der Waals surface area contributed by atoms with E-state index in [1.54, 1.807) is 36.4 Å². The number of nitrogens with one attached hydrogen (secondary N) is 1. The molecule has 4 nitrogen and oxygen atoms in total. The summed E-state index contributed by atoms with van der Waals surface area (Å²) in [5.41, 5.74) is 1.02. The maximum atomic E-state index is 12.0. The van der Waals surface area contributed by atoms with E-state index < -0.39 is 12.1 Å². The topological polar surface area (TPSA) is 55.4 Å². The van der Waals surface area contributed by atoms with Crippen molar-refractivity contribution in [3.63, 3.8) is 0 Å². The number of carbonyl (C=O) groups excluding carboxylic acids is 2. The molecule has 1 atom stereocenters. The molecule has 0 saturated carbocycles. The van der Waals surface area contributed by atoms with Gasteiger partial charge in [-0.15, -0.1) is 0 Å². The Morgan fingerprint density at radius 2 is 1.68 bits per heavy atom. The molecule has 6 heteroatoms. The van der Waals surface area contributed by atoms with E-state index in [0.717, 1.165) is 4.47 Å². The number of halogens is 2. The number of rotatable bonds is 4. The van der Waals surface area contributed by atoms with E-state index in [-0.39, 0.29) is 5.91 Å². The molecular weight excluding hydrogens is 414 g/mol. The largest absolute Gasteiger partial charge is 0.449 e. The fourth-order valence-corrected chi connectivity index (χ4v) is 2.39. The fraction of sp³-hybridized carbons (Fsp3) is 0.125. The van der Waals surface area contributed by atoms with Gasteiger partial charge in [0.05, 0.1) is 5.56 Å². The number of carbonyl (C=O) groups is 2. The van der Waals surface area contributed by atoms with Crippen molar-refractivity contribution in [2.24, 2.45) is 0 Å². The van der Waals surface area contributed by atoms with Crippen molar-refractivity contribution in [3.05, 3.63) is 63.0 Å². The van der Waals surface area contributed by atoms with Gasteiger partial charge in [0.25, 0.3) is 5.91 Å². The molecule has 1 N–H and O–H groups in total. The van der Waals surface area contributed by atoms with Gasteiger partial charge in [0.15, 0.2) is 6.10 Å². The molecule has 0 spiro atoms. The number of ether oxygens (including phenoxy) is 1. The summed E-state index contributed by atoms with van der Waals surface area (Å²) in [5, 5.41) is 2.69. The molecule has 0 aliphatic rings. The predicted molar refractivity (Wildman–Crippen MR) is 91.8 cm³/mol. The number of benzene rings is 2. The minimum atomic E-state index is -0.900. The Balaban J connectivity index is 1.98. The second kappa shape index (κ2) is 7.56. The third-order valence-corrected chi connectivity index (χ3v) is 4.08. The predicted octanol–water partition coefficient (Wildman–Crippen LogP) is 4.40. The zero-order valence-corrected chi connectivity index (χ0v) is 14.8. The van der Waals surface area contributed by atoms with Gasteiger partial charge in [-0.25, -0.2) is 4.79 Å². The van der Waals surface area contributed by atoms with Gasteiger partial charge in [0, 0.05) is 14.6 Å². The van der Waals surface area contributed by atoms with Crippen molar-refractivity contribution in [3.8, 4) is 0 Å². The Labute approximate surface area is 145 Å². The van der Waals surface area contributed by atoms with Gasteiger partial charge >= 0.3 is 5.97 Å². The highest BCUT2D eigenvalue weighted by molar-refractivity contribution is 9.10. The van der Waals surface area contributed by atoms with Crippen LogP contribution in [-0.2, 0) is 9.53 Å². The zero-order valence-electron chi connectivity index (χ0n) is 11.7. The molecule has 2 aromatic carbocycles. The molecule has 0 fully saturated rings. The van der Waals surface area contributed by atoms with Crippen LogP contribution < -0.4 is 5.32 Å². The van der Waals surface area contributed by atoms with Crippen LogP contribution in [0.15, 0.2) is 57.5 Å². The van der Waals surface area contributed by atoms with E-state index in [2.05, 4.69) is 37.2 Å². The molecule has 2 rings (SSSR count). The normalized spacial score (nSPS) is 11.6. The first-order chi connectivity index (χ1) is 10.5. The fourth-order valence-electron chi connectivity index (χ4n) is 1.68. The highest BCUT2D eigenvalue weighted by Crippen LogP contribution is 2.18. The molecule has 0 aliphatic carbocycles. The molecule has 0 aliphatic heterocycles. The summed E-state index contributed by atoms with van der Waals surface area (Å²) >= 11 is 6.60. The number of hydrogen-bond acceptors (Lipinski definition) is 3. The quantitative estimate of drug-likeness (QED) is 0.737. The molecule has 1 amide bonds. The molecule has 0 aromatic heterocycles. The van der Waals surface area contributed by atoms with Gasteiger partial charge in [-0.3, -0.25) is 4.79 Å². The molecule has 1 unspecified atom stereocenters. The van der Waals surface area contributed by atoms with E-state index in [9.17, 15) is 9.59 Å². The lowest BCUT2D eigenvalue weighted by atomic mass is 10.2. The molecular formula is C16H13Br2NO3. The smallest absolute Gasteiger partial charge is 0.340 e. The maximum absolute atomic E-state index is 12.0. The van der Waals surface area contributed by atoms with E-state index in [0.29, 0.717) is 15.7 Å². The van der Waals surface area contributed by atoms with Crippen molar-refractivity contribution in [2.75, 3.05) is 5.32 Å². The summed E-state index contributed by atoms with van der Waals surface area (Å²) in [6.07, 6.45) is -0.900. The molecule has 2 aromatic rings. The third-order valence-electron chi connectivity index (χ3n) is 2.86. The first kappa shape index (κ1) is 16.7. The molecule has 114 valence electrons. The number of amides is 1. The van der Waals surface area contributed by atoms with Gasteiger partial charge in [-0.05, 0) is 59.3 Å². The van der Waals surface area contributed by atoms with Crippen molar-refractivity contribution in [1.82, 2.24) is 0 Å². The Morgan fingerprint density at radius 3 is 2.32 bits per heavy atom. The van der Waals surface area contributed by atoms with E-state index in [4.69, 9.17) is 4.74 Å². The maximum Gasteiger partial charge on any atom is 0.340 e. The summed E-state index contributed by atoms with van der Waals surface area (Å²) in [7, 11) is 0. The van der Waals surface area contributed by atoms with E-state index >= 15 is 0 Å². The summed E-state index contributed by atoms with van der Waals surface area (Å²) in [6, 6.07) is 14.0. The Bertz CT molecular complexity index is 686. The van der Waals surface area contributed by atoms with Crippen LogP contribution in [-0.4, -0.2) is 18.0 Å². The van der Waals surface area contributed by atoms with Crippen LogP contribution in [0.5, 0.6) is 0 Å². The van der Waals surface area contributed by atoms with Gasteiger partial charge in [0.1, 0.15) is 0 Å². The van der Waals surface area contributed by atoms with Crippen LogP contribution in [0.2, 0.25) is 0 Å². The average Bonchev–Trinajstić information content (AvgIpc) is 2.49. The van der Waals surface area contributed by atoms with Crippen LogP contribution >= 0.6 is 31.9 Å².